The minimum Gasteiger partial charge on any atom is -0.295 e. The molecule has 180 valence electrons. The van der Waals surface area contributed by atoms with E-state index in [9.17, 15) is 0 Å². The lowest BCUT2D eigenvalue weighted by atomic mass is 9.87. The highest BCUT2D eigenvalue weighted by atomic mass is 15.2. The van der Waals surface area contributed by atoms with Gasteiger partial charge >= 0.3 is 0 Å². The quantitative estimate of drug-likeness (QED) is 0.323. The zero-order valence-corrected chi connectivity index (χ0v) is 21.3. The molecule has 1 aliphatic carbocycles. The summed E-state index contributed by atoms with van der Waals surface area (Å²) >= 11 is 0. The van der Waals surface area contributed by atoms with Crippen LogP contribution in [-0.2, 0) is 25.8 Å². The fourth-order valence-corrected chi connectivity index (χ4v) is 5.55. The van der Waals surface area contributed by atoms with Crippen LogP contribution in [-0.4, -0.2) is 31.5 Å². The number of fused-ring (bicyclic) bond motifs is 1. The van der Waals surface area contributed by atoms with Gasteiger partial charge in [-0.05, 0) is 68.3 Å². The van der Waals surface area contributed by atoms with Crippen LogP contribution in [0.5, 0.6) is 0 Å². The van der Waals surface area contributed by atoms with Gasteiger partial charge in [0.1, 0.15) is 12.1 Å². The zero-order chi connectivity index (χ0) is 24.4. The third-order valence-corrected chi connectivity index (χ3v) is 7.44. The number of benzene rings is 2. The molecule has 0 saturated heterocycles. The van der Waals surface area contributed by atoms with Crippen LogP contribution in [0.3, 0.4) is 0 Å². The number of rotatable bonds is 7. The summed E-state index contributed by atoms with van der Waals surface area (Å²) in [6.07, 6.45) is 11.1. The van der Waals surface area contributed by atoms with E-state index in [1.807, 2.05) is 23.3 Å². The van der Waals surface area contributed by atoms with Crippen molar-refractivity contribution in [2.45, 2.75) is 65.5 Å². The summed E-state index contributed by atoms with van der Waals surface area (Å²) in [5.74, 6) is 1.74. The molecule has 35 heavy (non-hydrogen) atoms. The second-order valence-electron chi connectivity index (χ2n) is 9.59. The second-order valence-corrected chi connectivity index (χ2v) is 9.59. The first-order valence-corrected chi connectivity index (χ1v) is 12.9. The molecule has 0 N–H and O–H groups in total. The molecular weight excluding hydrogens is 430 g/mol. The molecule has 2 heterocycles. The van der Waals surface area contributed by atoms with E-state index in [4.69, 9.17) is 9.97 Å². The zero-order valence-electron chi connectivity index (χ0n) is 21.3. The lowest BCUT2D eigenvalue weighted by molar-refractivity contribution is 0.212. The minimum atomic E-state index is 0.405. The first-order chi connectivity index (χ1) is 17.1. The van der Waals surface area contributed by atoms with Crippen molar-refractivity contribution in [3.05, 3.63) is 94.7 Å². The van der Waals surface area contributed by atoms with Crippen LogP contribution >= 0.6 is 0 Å². The van der Waals surface area contributed by atoms with Crippen molar-refractivity contribution >= 4 is 0 Å². The normalized spacial score (nSPS) is 15.4. The van der Waals surface area contributed by atoms with Crippen molar-refractivity contribution in [2.24, 2.45) is 0 Å². The SMILES string of the molecule is CCc1cccc(CC)c1-c1nc(C)c(CN(C)[C@H]2CCCc3ccccc32)c(-n2ccnc2)n1. The molecule has 0 bridgehead atoms. The van der Waals surface area contributed by atoms with Gasteiger partial charge in [0.2, 0.25) is 0 Å². The first kappa shape index (κ1) is 23.4. The molecule has 4 aromatic rings. The van der Waals surface area contributed by atoms with Crippen molar-refractivity contribution in [1.29, 1.82) is 0 Å². The van der Waals surface area contributed by atoms with Gasteiger partial charge in [0.25, 0.3) is 0 Å². The van der Waals surface area contributed by atoms with E-state index < -0.39 is 0 Å². The molecule has 0 amide bonds. The van der Waals surface area contributed by atoms with Crippen LogP contribution in [0.4, 0.5) is 0 Å². The third-order valence-electron chi connectivity index (χ3n) is 7.44. The molecule has 5 heteroatoms. The molecule has 0 spiro atoms. The highest BCUT2D eigenvalue weighted by Crippen LogP contribution is 2.35. The van der Waals surface area contributed by atoms with Gasteiger partial charge in [0, 0.05) is 41.8 Å². The highest BCUT2D eigenvalue weighted by molar-refractivity contribution is 5.66. The maximum atomic E-state index is 5.19. The van der Waals surface area contributed by atoms with Gasteiger partial charge in [-0.15, -0.1) is 0 Å². The molecule has 0 aliphatic heterocycles. The van der Waals surface area contributed by atoms with Crippen molar-refractivity contribution in [1.82, 2.24) is 24.4 Å². The Labute approximate surface area is 208 Å². The Morgan fingerprint density at radius 3 is 2.49 bits per heavy atom. The van der Waals surface area contributed by atoms with Gasteiger partial charge < -0.3 is 0 Å². The average Bonchev–Trinajstić information content (AvgIpc) is 3.43. The third kappa shape index (κ3) is 4.53. The summed E-state index contributed by atoms with van der Waals surface area (Å²) in [7, 11) is 2.24. The molecule has 2 aromatic heterocycles. The highest BCUT2D eigenvalue weighted by Gasteiger charge is 2.26. The average molecular weight is 466 g/mol. The molecule has 5 nitrogen and oxygen atoms in total. The van der Waals surface area contributed by atoms with E-state index in [2.05, 4.69) is 80.2 Å². The van der Waals surface area contributed by atoms with Gasteiger partial charge in [-0.25, -0.2) is 15.0 Å². The van der Waals surface area contributed by atoms with E-state index >= 15 is 0 Å². The fourth-order valence-electron chi connectivity index (χ4n) is 5.55. The van der Waals surface area contributed by atoms with Crippen LogP contribution in [0.15, 0.2) is 61.2 Å². The van der Waals surface area contributed by atoms with E-state index in [1.54, 1.807) is 0 Å². The second kappa shape index (κ2) is 10.1. The molecule has 5 rings (SSSR count). The molecule has 1 atom stereocenters. The van der Waals surface area contributed by atoms with Crippen LogP contribution in [0.2, 0.25) is 0 Å². The van der Waals surface area contributed by atoms with Gasteiger partial charge in [-0.2, -0.15) is 0 Å². The van der Waals surface area contributed by atoms with Crippen molar-refractivity contribution in [3.63, 3.8) is 0 Å². The molecule has 2 aromatic carbocycles. The fraction of sp³-hybridized carbons (Fsp3) is 0.367. The predicted molar refractivity (Wildman–Crippen MR) is 142 cm³/mol. The summed E-state index contributed by atoms with van der Waals surface area (Å²) in [4.78, 5) is 17.1. The van der Waals surface area contributed by atoms with E-state index in [0.717, 1.165) is 42.3 Å². The number of aromatic nitrogens is 4. The summed E-state index contributed by atoms with van der Waals surface area (Å²) in [5, 5.41) is 0. The van der Waals surface area contributed by atoms with E-state index in [0.29, 0.717) is 6.04 Å². The molecule has 0 saturated carbocycles. The number of hydrogen-bond donors (Lipinski definition) is 0. The summed E-state index contributed by atoms with van der Waals surface area (Å²) in [6.45, 7) is 7.32. The van der Waals surface area contributed by atoms with Crippen LogP contribution < -0.4 is 0 Å². The van der Waals surface area contributed by atoms with Crippen molar-refractivity contribution in [2.75, 3.05) is 7.05 Å². The molecule has 0 radical (unpaired) electrons. The number of hydrogen-bond acceptors (Lipinski definition) is 4. The Morgan fingerprint density at radius 1 is 1.00 bits per heavy atom. The van der Waals surface area contributed by atoms with Crippen molar-refractivity contribution < 1.29 is 0 Å². The largest absolute Gasteiger partial charge is 0.295 e. The van der Waals surface area contributed by atoms with Crippen LogP contribution in [0.1, 0.15) is 66.2 Å². The maximum absolute atomic E-state index is 5.19. The van der Waals surface area contributed by atoms with Gasteiger partial charge in [0.05, 0.1) is 0 Å². The number of imidazole rings is 1. The minimum absolute atomic E-state index is 0.405. The maximum Gasteiger partial charge on any atom is 0.162 e. The van der Waals surface area contributed by atoms with Gasteiger partial charge in [0.15, 0.2) is 5.82 Å². The summed E-state index contributed by atoms with van der Waals surface area (Å²) in [6, 6.07) is 15.9. The number of aryl methyl sites for hydroxylation is 4. The molecular formula is C30H35N5. The Kier molecular flexibility index (Phi) is 6.78. The molecule has 1 aliphatic rings. The molecule has 0 fully saturated rings. The smallest absolute Gasteiger partial charge is 0.162 e. The van der Waals surface area contributed by atoms with Crippen molar-refractivity contribution in [3.8, 4) is 17.2 Å². The molecule has 0 unspecified atom stereocenters. The summed E-state index contributed by atoms with van der Waals surface area (Å²) in [5.41, 5.74) is 8.91. The predicted octanol–water partition coefficient (Wildman–Crippen LogP) is 6.27. The summed E-state index contributed by atoms with van der Waals surface area (Å²) < 4.78 is 2.04. The Bertz CT molecular complexity index is 1290. The standard InChI is InChI=1S/C30H35N5/c1-5-22-12-9-13-23(6-2)28(22)29-32-21(3)26(30(33-29)35-18-17-31-20-35)19-34(4)27-16-10-14-24-11-7-8-15-25(24)27/h7-9,11-13,15,17-18,20,27H,5-6,10,14,16,19H2,1-4H3/t27-/m0/s1. The lowest BCUT2D eigenvalue weighted by Gasteiger charge is -2.34. The van der Waals surface area contributed by atoms with Gasteiger partial charge in [-0.1, -0.05) is 56.3 Å². The first-order valence-electron chi connectivity index (χ1n) is 12.9. The van der Waals surface area contributed by atoms with Crippen LogP contribution in [0, 0.1) is 6.92 Å². The lowest BCUT2D eigenvalue weighted by Crippen LogP contribution is -2.28. The topological polar surface area (TPSA) is 46.8 Å². The Balaban J connectivity index is 1.58. The Morgan fingerprint density at radius 2 is 1.77 bits per heavy atom. The van der Waals surface area contributed by atoms with Gasteiger partial charge in [-0.3, -0.25) is 9.47 Å². The Hall–Kier alpha value is -3.31. The number of nitrogens with zero attached hydrogens (tertiary/aromatic N) is 5. The van der Waals surface area contributed by atoms with E-state index in [-0.39, 0.29) is 0 Å². The van der Waals surface area contributed by atoms with E-state index in [1.165, 1.54) is 47.1 Å². The van der Waals surface area contributed by atoms with Crippen LogP contribution in [0.25, 0.3) is 17.2 Å². The monoisotopic (exact) mass is 465 g/mol.